The molecule has 0 saturated heterocycles. The lowest BCUT2D eigenvalue weighted by molar-refractivity contribution is -0.385. The molecule has 0 saturated carbocycles. The number of nitriles is 1. The molecule has 0 fully saturated rings. The van der Waals surface area contributed by atoms with E-state index in [9.17, 15) is 18.5 Å². The normalized spacial score (nSPS) is 11.4. The molecule has 33 heavy (non-hydrogen) atoms. The van der Waals surface area contributed by atoms with E-state index in [1.807, 2.05) is 6.07 Å². The van der Waals surface area contributed by atoms with Crippen molar-refractivity contribution in [1.29, 1.82) is 5.26 Å². The van der Waals surface area contributed by atoms with E-state index >= 15 is 0 Å². The van der Waals surface area contributed by atoms with Crippen LogP contribution in [0.5, 0.6) is 5.75 Å². The second-order valence-electron chi connectivity index (χ2n) is 6.74. The molecule has 0 aliphatic carbocycles. The fourth-order valence-electron chi connectivity index (χ4n) is 2.86. The fraction of sp³-hybridized carbons (Fsp3) is 0.0909. The summed E-state index contributed by atoms with van der Waals surface area (Å²) in [6.45, 7) is 1.70. The van der Waals surface area contributed by atoms with Gasteiger partial charge >= 0.3 is 0 Å². The van der Waals surface area contributed by atoms with Gasteiger partial charge in [0.2, 0.25) is 0 Å². The van der Waals surface area contributed by atoms with Crippen molar-refractivity contribution in [3.8, 4) is 11.8 Å². The molecule has 2 N–H and O–H groups in total. The maximum absolute atomic E-state index is 13.1. The molecule has 0 unspecified atom stereocenters. The van der Waals surface area contributed by atoms with Gasteiger partial charge in [0.05, 0.1) is 40.8 Å². The molecule has 0 spiro atoms. The second-order valence-corrected chi connectivity index (χ2v) is 8.39. The number of para-hydroxylation sites is 2. The molecule has 0 radical (unpaired) electrons. The minimum absolute atomic E-state index is 0.0380. The summed E-state index contributed by atoms with van der Waals surface area (Å²) in [5, 5.41) is 24.4. The first-order valence-electron chi connectivity index (χ1n) is 9.50. The highest BCUT2D eigenvalue weighted by atomic mass is 32.2. The van der Waals surface area contributed by atoms with Crippen LogP contribution in [0.3, 0.4) is 0 Å². The summed E-state index contributed by atoms with van der Waals surface area (Å²) in [5.41, 5.74) is 4.21. The Labute approximate surface area is 190 Å². The Bertz CT molecular complexity index is 1360. The summed E-state index contributed by atoms with van der Waals surface area (Å²) in [6.07, 6.45) is 0. The van der Waals surface area contributed by atoms with Crippen molar-refractivity contribution >= 4 is 32.8 Å². The summed E-state index contributed by atoms with van der Waals surface area (Å²) in [4.78, 5) is 10.2. The van der Waals surface area contributed by atoms with E-state index in [1.165, 1.54) is 25.3 Å². The summed E-state index contributed by atoms with van der Waals surface area (Å²) >= 11 is 0. The van der Waals surface area contributed by atoms with Gasteiger partial charge in [-0.1, -0.05) is 24.3 Å². The third-order valence-corrected chi connectivity index (χ3v) is 6.00. The van der Waals surface area contributed by atoms with Crippen LogP contribution in [0.4, 0.5) is 17.1 Å². The van der Waals surface area contributed by atoms with Crippen molar-refractivity contribution in [2.45, 2.75) is 11.8 Å². The highest BCUT2D eigenvalue weighted by Crippen LogP contribution is 2.31. The number of hydrogen-bond acceptors (Lipinski definition) is 8. The Kier molecular flexibility index (Phi) is 6.90. The number of methoxy groups -OCH3 is 1. The quantitative estimate of drug-likeness (QED) is 0.289. The number of benzene rings is 3. The van der Waals surface area contributed by atoms with Crippen molar-refractivity contribution < 1.29 is 18.1 Å². The first-order valence-corrected chi connectivity index (χ1v) is 11.0. The molecule has 168 valence electrons. The first-order chi connectivity index (χ1) is 15.7. The molecule has 10 nitrogen and oxygen atoms in total. The molecule has 0 aliphatic rings. The SMILES string of the molecule is COc1ccccc1NS(=O)(=O)c1cc([N+](=O)[O-])ccc1N/N=C(\C)c1ccc(C#N)cc1. The van der Waals surface area contributed by atoms with Crippen molar-refractivity contribution in [3.05, 3.63) is 88.0 Å². The maximum atomic E-state index is 13.1. The average molecular weight is 465 g/mol. The number of rotatable bonds is 8. The highest BCUT2D eigenvalue weighted by Gasteiger charge is 2.24. The highest BCUT2D eigenvalue weighted by molar-refractivity contribution is 7.93. The van der Waals surface area contributed by atoms with Crippen LogP contribution < -0.4 is 14.9 Å². The van der Waals surface area contributed by atoms with Gasteiger partial charge in [0, 0.05) is 12.1 Å². The Morgan fingerprint density at radius 3 is 2.42 bits per heavy atom. The number of hydrogen-bond donors (Lipinski definition) is 2. The summed E-state index contributed by atoms with van der Waals surface area (Å²) in [5.74, 6) is 0.288. The molecule has 3 aromatic carbocycles. The third kappa shape index (κ3) is 5.44. The first kappa shape index (κ1) is 23.2. The minimum atomic E-state index is -4.26. The van der Waals surface area contributed by atoms with Gasteiger partial charge in [-0.25, -0.2) is 8.42 Å². The number of nitro groups is 1. The van der Waals surface area contributed by atoms with Gasteiger partial charge in [0.25, 0.3) is 15.7 Å². The van der Waals surface area contributed by atoms with E-state index in [0.29, 0.717) is 16.8 Å². The molecule has 3 aromatic rings. The minimum Gasteiger partial charge on any atom is -0.495 e. The van der Waals surface area contributed by atoms with Gasteiger partial charge < -0.3 is 4.74 Å². The lowest BCUT2D eigenvalue weighted by Gasteiger charge is -2.14. The Morgan fingerprint density at radius 2 is 1.79 bits per heavy atom. The Balaban J connectivity index is 1.99. The number of nitrogens with one attached hydrogen (secondary N) is 2. The van der Waals surface area contributed by atoms with Gasteiger partial charge in [0.15, 0.2) is 0 Å². The number of hydrazone groups is 1. The van der Waals surface area contributed by atoms with Crippen molar-refractivity contribution in [2.75, 3.05) is 17.3 Å². The second kappa shape index (κ2) is 9.80. The topological polar surface area (TPSA) is 147 Å². The fourth-order valence-corrected chi connectivity index (χ4v) is 4.11. The van der Waals surface area contributed by atoms with E-state index in [2.05, 4.69) is 15.2 Å². The number of non-ortho nitro benzene ring substituents is 1. The number of sulfonamides is 1. The smallest absolute Gasteiger partial charge is 0.270 e. The van der Waals surface area contributed by atoms with Crippen LogP contribution in [0.25, 0.3) is 0 Å². The zero-order valence-corrected chi connectivity index (χ0v) is 18.5. The van der Waals surface area contributed by atoms with Gasteiger partial charge in [-0.15, -0.1) is 0 Å². The molecule has 0 atom stereocenters. The Hall–Kier alpha value is -4.43. The van der Waals surface area contributed by atoms with Gasteiger partial charge in [-0.05, 0) is 42.8 Å². The monoisotopic (exact) mass is 465 g/mol. The van der Waals surface area contributed by atoms with E-state index in [4.69, 9.17) is 10.00 Å². The molecule has 3 rings (SSSR count). The van der Waals surface area contributed by atoms with E-state index in [1.54, 1.807) is 49.4 Å². The van der Waals surface area contributed by atoms with Gasteiger partial charge in [0.1, 0.15) is 10.6 Å². The molecular formula is C22H19N5O5S. The van der Waals surface area contributed by atoms with E-state index < -0.39 is 20.6 Å². The van der Waals surface area contributed by atoms with Gasteiger partial charge in [-0.2, -0.15) is 10.4 Å². The molecule has 0 aliphatic heterocycles. The van der Waals surface area contributed by atoms with E-state index in [-0.39, 0.29) is 22.0 Å². The Morgan fingerprint density at radius 1 is 1.09 bits per heavy atom. The standard InChI is InChI=1S/C22H19N5O5S/c1-15(17-9-7-16(14-23)8-10-17)24-25-20-12-11-18(27(28)29)13-22(20)33(30,31)26-19-5-3-4-6-21(19)32-2/h3-13,25-26H,1-2H3/b24-15+. The molecule has 0 aromatic heterocycles. The zero-order chi connectivity index (χ0) is 24.0. The number of anilines is 2. The number of ether oxygens (including phenoxy) is 1. The number of nitrogens with zero attached hydrogens (tertiary/aromatic N) is 3. The van der Waals surface area contributed by atoms with Crippen LogP contribution in [-0.4, -0.2) is 26.2 Å². The summed E-state index contributed by atoms with van der Waals surface area (Å²) < 4.78 is 33.9. The molecule has 11 heteroatoms. The maximum Gasteiger partial charge on any atom is 0.270 e. The van der Waals surface area contributed by atoms with Crippen LogP contribution in [-0.2, 0) is 10.0 Å². The van der Waals surface area contributed by atoms with Crippen LogP contribution in [0, 0.1) is 21.4 Å². The van der Waals surface area contributed by atoms with Crippen molar-refractivity contribution in [3.63, 3.8) is 0 Å². The van der Waals surface area contributed by atoms with Gasteiger partial charge in [-0.3, -0.25) is 20.3 Å². The molecule has 0 heterocycles. The van der Waals surface area contributed by atoms with E-state index in [0.717, 1.165) is 6.07 Å². The van der Waals surface area contributed by atoms with Crippen molar-refractivity contribution in [1.82, 2.24) is 0 Å². The largest absolute Gasteiger partial charge is 0.495 e. The number of nitro benzene ring substituents is 1. The molecule has 0 bridgehead atoms. The lowest BCUT2D eigenvalue weighted by atomic mass is 10.1. The predicted octanol–water partition coefficient (Wildman–Crippen LogP) is 4.11. The molecule has 0 amide bonds. The average Bonchev–Trinajstić information content (AvgIpc) is 2.82. The molecular weight excluding hydrogens is 446 g/mol. The third-order valence-electron chi connectivity index (χ3n) is 4.59. The summed E-state index contributed by atoms with van der Waals surface area (Å²) in [6, 6.07) is 18.5. The zero-order valence-electron chi connectivity index (χ0n) is 17.6. The lowest BCUT2D eigenvalue weighted by Crippen LogP contribution is -2.16. The summed E-state index contributed by atoms with van der Waals surface area (Å²) in [7, 11) is -2.86. The van der Waals surface area contributed by atoms with Crippen LogP contribution in [0.2, 0.25) is 0 Å². The predicted molar refractivity (Wildman–Crippen MR) is 124 cm³/mol. The van der Waals surface area contributed by atoms with Crippen LogP contribution >= 0.6 is 0 Å². The van der Waals surface area contributed by atoms with Crippen molar-refractivity contribution in [2.24, 2.45) is 5.10 Å². The van der Waals surface area contributed by atoms with Crippen LogP contribution in [0.15, 0.2) is 76.7 Å². The van der Waals surface area contributed by atoms with Crippen LogP contribution in [0.1, 0.15) is 18.1 Å².